The van der Waals surface area contributed by atoms with Crippen LogP contribution in [0, 0.1) is 0 Å². The second kappa shape index (κ2) is 31.3. The van der Waals surface area contributed by atoms with E-state index in [-0.39, 0.29) is 56.1 Å². The van der Waals surface area contributed by atoms with E-state index in [1.807, 2.05) is 37.3 Å². The Morgan fingerprint density at radius 2 is 1.09 bits per heavy atom. The summed E-state index contributed by atoms with van der Waals surface area (Å²) in [4.78, 5) is 133. The first-order valence-electron chi connectivity index (χ1n) is 24.8. The zero-order valence-electron chi connectivity index (χ0n) is 42.7. The maximum atomic E-state index is 14.6. The molecule has 23 nitrogen and oxygen atoms in total. The number of hydrogen-bond acceptors (Lipinski definition) is 13. The second-order valence-corrected chi connectivity index (χ2v) is 18.8. The maximum absolute atomic E-state index is 14.6. The monoisotopic (exact) mass is 1090 g/mol. The van der Waals surface area contributed by atoms with Crippen LogP contribution in [0.2, 0.25) is 0 Å². The van der Waals surface area contributed by atoms with Crippen LogP contribution in [0.1, 0.15) is 69.7 Å². The van der Waals surface area contributed by atoms with E-state index in [2.05, 4.69) is 82.8 Å². The highest BCUT2D eigenvalue weighted by molar-refractivity contribution is 7.80. The molecular weight excluding hydrogens is 1020 g/mol. The molecule has 0 fully saturated rings. The normalized spacial score (nSPS) is 14.1. The summed E-state index contributed by atoms with van der Waals surface area (Å²) < 4.78 is 0. The molecule has 0 saturated heterocycles. The van der Waals surface area contributed by atoms with Crippen molar-refractivity contribution in [3.05, 3.63) is 102 Å². The number of nitrogens with two attached hydrogens (primary N) is 3. The topological polar surface area (TPSA) is 369 Å². The fourth-order valence-electron chi connectivity index (χ4n) is 7.92. The molecular formula is C51H70N14O9S2. The zero-order chi connectivity index (χ0) is 55.7. The van der Waals surface area contributed by atoms with Crippen molar-refractivity contribution in [2.24, 2.45) is 22.2 Å². The van der Waals surface area contributed by atoms with Gasteiger partial charge in [-0.15, -0.1) is 0 Å². The minimum atomic E-state index is -1.39. The lowest BCUT2D eigenvalue weighted by Crippen LogP contribution is -2.61. The minimum absolute atomic E-state index is 0.0457. The van der Waals surface area contributed by atoms with Gasteiger partial charge in [0, 0.05) is 56.1 Å². The molecule has 25 heteroatoms. The Kier molecular flexibility index (Phi) is 25.0. The lowest BCUT2D eigenvalue weighted by atomic mass is 9.97. The standard InChI is InChI=1S/C51H70N14O9S2/c1-4-5-19-36(59-30(3)66)45(69)65-42(27-76)50(74)58-29(2)44(68)61-40(24-34-25-55-28-57-34)49(73)62-38(22-31-13-7-6-8-14-31)47(71)60-37(20-12-21-56-51(53)54)46(70)63-39(48(72)64-41(26-75)43(52)67)23-33-17-11-16-32-15-9-10-18-35(32)33/h6-11,13-18,25,28-29,36-42,75-76H,4-5,12,19-24,26-27H2,1-3H3,(H2,52,67)(H,55,57)(H,58,74)(H,59,66)(H,60,71)(H,61,68)(H,62,73)(H,63,70)(H,64,72)(H,65,69)(H4,53,54,56)/t29-,36+,37+,38-,39+,40+,41+,42+/m1/s1. The molecule has 1 heterocycles. The number of guanidine groups is 1. The number of aromatic nitrogens is 2. The molecule has 0 bridgehead atoms. The smallest absolute Gasteiger partial charge is 0.244 e. The highest BCUT2D eigenvalue weighted by atomic mass is 32.1. The van der Waals surface area contributed by atoms with E-state index < -0.39 is 101 Å². The molecule has 9 amide bonds. The van der Waals surface area contributed by atoms with Crippen molar-refractivity contribution in [1.82, 2.24) is 52.5 Å². The summed E-state index contributed by atoms with van der Waals surface area (Å²) in [5, 5.41) is 22.9. The molecule has 4 rings (SSSR count). The molecule has 1 aromatic heterocycles. The van der Waals surface area contributed by atoms with Crippen molar-refractivity contribution in [2.75, 3.05) is 18.1 Å². The first kappa shape index (κ1) is 60.9. The van der Waals surface area contributed by atoms with Crippen molar-refractivity contribution < 1.29 is 43.2 Å². The number of H-pyrrole nitrogens is 1. The maximum Gasteiger partial charge on any atom is 0.244 e. The van der Waals surface area contributed by atoms with E-state index in [9.17, 15) is 43.2 Å². The third-order valence-electron chi connectivity index (χ3n) is 12.0. The number of carbonyl (C=O) groups excluding carboxylic acids is 9. The number of thiol groups is 2. The highest BCUT2D eigenvalue weighted by Crippen LogP contribution is 2.20. The number of nitrogens with one attached hydrogen (secondary N) is 9. The van der Waals surface area contributed by atoms with Crippen LogP contribution in [0.3, 0.4) is 0 Å². The molecule has 15 N–H and O–H groups in total. The van der Waals surface area contributed by atoms with Crippen molar-refractivity contribution in [2.45, 2.75) is 120 Å². The van der Waals surface area contributed by atoms with Crippen LogP contribution in [0.5, 0.6) is 0 Å². The minimum Gasteiger partial charge on any atom is -0.370 e. The number of fused-ring (bicyclic) bond motifs is 1. The number of amides is 9. The van der Waals surface area contributed by atoms with Gasteiger partial charge in [0.25, 0.3) is 0 Å². The third kappa shape index (κ3) is 19.9. The van der Waals surface area contributed by atoms with Gasteiger partial charge >= 0.3 is 0 Å². The number of rotatable bonds is 31. The predicted octanol–water partition coefficient (Wildman–Crippen LogP) is -0.902. The Balaban J connectivity index is 1.61. The highest BCUT2D eigenvalue weighted by Gasteiger charge is 2.34. The van der Waals surface area contributed by atoms with Crippen molar-refractivity contribution in [1.29, 1.82) is 0 Å². The predicted molar refractivity (Wildman–Crippen MR) is 293 cm³/mol. The lowest BCUT2D eigenvalue weighted by molar-refractivity contribution is -0.135. The van der Waals surface area contributed by atoms with E-state index >= 15 is 0 Å². The van der Waals surface area contributed by atoms with E-state index in [0.29, 0.717) is 29.7 Å². The van der Waals surface area contributed by atoms with Gasteiger partial charge in [-0.3, -0.25) is 48.1 Å². The number of hydrogen-bond donors (Lipinski definition) is 14. The number of aliphatic imine (C=N–C) groups is 1. The Labute approximate surface area is 451 Å². The van der Waals surface area contributed by atoms with Gasteiger partial charge in [0.2, 0.25) is 53.2 Å². The Hall–Kier alpha value is -7.67. The van der Waals surface area contributed by atoms with Gasteiger partial charge in [0.1, 0.15) is 48.3 Å². The molecule has 0 aliphatic carbocycles. The molecule has 410 valence electrons. The van der Waals surface area contributed by atoms with Crippen LogP contribution >= 0.6 is 25.3 Å². The summed E-state index contributed by atoms with van der Waals surface area (Å²) in [6, 6.07) is 11.6. The quantitative estimate of drug-likeness (QED) is 0.0126. The van der Waals surface area contributed by atoms with Crippen molar-refractivity contribution in [3.63, 3.8) is 0 Å². The van der Waals surface area contributed by atoms with Gasteiger partial charge in [-0.25, -0.2) is 4.98 Å². The average Bonchev–Trinajstić information content (AvgIpc) is 3.91. The molecule has 0 unspecified atom stereocenters. The number of carbonyl (C=O) groups is 9. The summed E-state index contributed by atoms with van der Waals surface area (Å²) in [5.74, 6) is -7.13. The number of unbranched alkanes of at least 4 members (excludes halogenated alkanes) is 1. The number of imidazole rings is 1. The van der Waals surface area contributed by atoms with Crippen LogP contribution in [-0.4, -0.2) is 135 Å². The summed E-state index contributed by atoms with van der Waals surface area (Å²) in [6.07, 6.45) is 4.34. The molecule has 0 aliphatic rings. The molecule has 0 spiro atoms. The molecule has 8 atom stereocenters. The Morgan fingerprint density at radius 3 is 1.68 bits per heavy atom. The van der Waals surface area contributed by atoms with Crippen LogP contribution in [-0.2, 0) is 62.4 Å². The molecule has 0 saturated carbocycles. The van der Waals surface area contributed by atoms with Gasteiger partial charge in [-0.1, -0.05) is 92.6 Å². The summed E-state index contributed by atoms with van der Waals surface area (Å²) in [7, 11) is 0. The number of nitrogens with zero attached hydrogens (tertiary/aromatic N) is 2. The molecule has 76 heavy (non-hydrogen) atoms. The van der Waals surface area contributed by atoms with Gasteiger partial charge in [-0.2, -0.15) is 25.3 Å². The first-order valence-corrected chi connectivity index (χ1v) is 26.0. The van der Waals surface area contributed by atoms with Crippen molar-refractivity contribution in [3.8, 4) is 0 Å². The van der Waals surface area contributed by atoms with E-state index in [0.717, 1.165) is 17.2 Å². The molecule has 0 radical (unpaired) electrons. The largest absolute Gasteiger partial charge is 0.370 e. The number of primary amides is 1. The van der Waals surface area contributed by atoms with Gasteiger partial charge < -0.3 is 64.7 Å². The lowest BCUT2D eigenvalue weighted by Gasteiger charge is -2.27. The third-order valence-corrected chi connectivity index (χ3v) is 12.7. The fraction of sp³-hybridized carbons (Fsp3) is 0.431. The SMILES string of the molecule is CCCC[C@H](NC(C)=O)C(=O)N[C@@H](CS)C(=O)N[C@H](C)C(=O)N[C@@H](Cc1cnc[nH]1)C(=O)N[C@H](Cc1ccccc1)C(=O)N[C@@H](CCCN=C(N)N)C(=O)N[C@@H](Cc1cccc2ccccc12)C(=O)N[C@@H](CS)C(N)=O. The second-order valence-electron chi connectivity index (χ2n) is 18.0. The van der Waals surface area contributed by atoms with E-state index in [4.69, 9.17) is 17.2 Å². The van der Waals surface area contributed by atoms with Gasteiger partial charge in [0.05, 0.1) is 6.33 Å². The van der Waals surface area contributed by atoms with Crippen LogP contribution in [0.4, 0.5) is 0 Å². The summed E-state index contributed by atoms with van der Waals surface area (Å²) in [6.45, 7) is 4.63. The van der Waals surface area contributed by atoms with Crippen LogP contribution < -0.4 is 59.7 Å². The fourth-order valence-corrected chi connectivity index (χ4v) is 8.45. The van der Waals surface area contributed by atoms with Crippen LogP contribution in [0.25, 0.3) is 10.8 Å². The van der Waals surface area contributed by atoms with E-state index in [1.54, 1.807) is 42.5 Å². The number of aromatic amines is 1. The van der Waals surface area contributed by atoms with E-state index in [1.165, 1.54) is 26.4 Å². The van der Waals surface area contributed by atoms with Gasteiger partial charge in [-0.05, 0) is 48.1 Å². The van der Waals surface area contributed by atoms with Gasteiger partial charge in [0.15, 0.2) is 5.96 Å². The molecule has 0 aliphatic heterocycles. The Bertz CT molecular complexity index is 2630. The first-order chi connectivity index (χ1) is 36.3. The molecule has 3 aromatic carbocycles. The van der Waals surface area contributed by atoms with Crippen molar-refractivity contribution >= 4 is 95.2 Å². The zero-order valence-corrected chi connectivity index (χ0v) is 44.5. The summed E-state index contributed by atoms with van der Waals surface area (Å²) >= 11 is 8.40. The summed E-state index contributed by atoms with van der Waals surface area (Å²) in [5.41, 5.74) is 18.4. The Morgan fingerprint density at radius 1 is 0.579 bits per heavy atom. The number of benzene rings is 3. The average molecular weight is 1090 g/mol. The molecule has 4 aromatic rings. The van der Waals surface area contributed by atoms with Crippen LogP contribution in [0.15, 0.2) is 90.3 Å².